The molecular weight excluding hydrogens is 264 g/mol. The third-order valence-electron chi connectivity index (χ3n) is 3.62. The van der Waals surface area contributed by atoms with Gasteiger partial charge in [-0.05, 0) is 36.2 Å². The molecule has 0 unspecified atom stereocenters. The summed E-state index contributed by atoms with van der Waals surface area (Å²) in [6.07, 6.45) is 3.65. The fourth-order valence-corrected chi connectivity index (χ4v) is 2.49. The van der Waals surface area contributed by atoms with Crippen LogP contribution in [-0.4, -0.2) is 42.1 Å². The molecule has 1 fully saturated rings. The highest BCUT2D eigenvalue weighted by atomic mass is 16.5. The first kappa shape index (κ1) is 13.8. The lowest BCUT2D eigenvalue weighted by Gasteiger charge is -2.27. The van der Waals surface area contributed by atoms with E-state index in [9.17, 15) is 4.79 Å². The number of ether oxygens (including phenoxy) is 1. The predicted octanol–water partition coefficient (Wildman–Crippen LogP) is 2.53. The molecule has 21 heavy (non-hydrogen) atoms. The average Bonchev–Trinajstić information content (AvgIpc) is 2.55. The van der Waals surface area contributed by atoms with E-state index in [2.05, 4.69) is 11.1 Å². The van der Waals surface area contributed by atoms with Crippen molar-refractivity contribution >= 4 is 5.91 Å². The van der Waals surface area contributed by atoms with Gasteiger partial charge in [-0.1, -0.05) is 12.1 Å². The highest BCUT2D eigenvalue weighted by Crippen LogP contribution is 2.21. The number of amides is 1. The maximum Gasteiger partial charge on any atom is 0.254 e. The van der Waals surface area contributed by atoms with Crippen LogP contribution in [0.1, 0.15) is 15.9 Å². The Labute approximate surface area is 124 Å². The Morgan fingerprint density at radius 2 is 1.95 bits per heavy atom. The Morgan fingerprint density at radius 3 is 2.71 bits per heavy atom. The number of carbonyl (C=O) groups excluding carboxylic acids is 1. The van der Waals surface area contributed by atoms with E-state index in [1.165, 1.54) is 0 Å². The van der Waals surface area contributed by atoms with Gasteiger partial charge in [-0.15, -0.1) is 0 Å². The van der Waals surface area contributed by atoms with Gasteiger partial charge in [0, 0.05) is 36.6 Å². The summed E-state index contributed by atoms with van der Waals surface area (Å²) < 4.78 is 5.29. The number of aromatic nitrogens is 1. The van der Waals surface area contributed by atoms with E-state index in [1.807, 2.05) is 48.5 Å². The minimum atomic E-state index is 0.0702. The molecule has 0 radical (unpaired) electrons. The van der Waals surface area contributed by atoms with Crippen molar-refractivity contribution in [3.8, 4) is 11.1 Å². The molecule has 4 nitrogen and oxygen atoms in total. The number of benzene rings is 1. The smallest absolute Gasteiger partial charge is 0.254 e. The fourth-order valence-electron chi connectivity index (χ4n) is 2.49. The Kier molecular flexibility index (Phi) is 3.97. The van der Waals surface area contributed by atoms with Crippen molar-refractivity contribution in [2.24, 2.45) is 0 Å². The molecule has 1 aliphatic heterocycles. The van der Waals surface area contributed by atoms with Gasteiger partial charge in [0.25, 0.3) is 5.91 Å². The maximum absolute atomic E-state index is 12.5. The molecule has 1 aromatic heterocycles. The Bertz CT molecular complexity index is 649. The van der Waals surface area contributed by atoms with E-state index < -0.39 is 0 Å². The van der Waals surface area contributed by atoms with Gasteiger partial charge in [0.2, 0.25) is 0 Å². The Balaban J connectivity index is 1.87. The fraction of sp³-hybridized carbons (Fsp3) is 0.294. The number of pyridine rings is 1. The van der Waals surface area contributed by atoms with Gasteiger partial charge in [-0.2, -0.15) is 0 Å². The molecule has 0 saturated carbocycles. The van der Waals surface area contributed by atoms with Crippen molar-refractivity contribution in [3.63, 3.8) is 0 Å². The number of aryl methyl sites for hydroxylation is 1. The summed E-state index contributed by atoms with van der Waals surface area (Å²) in [5.41, 5.74) is 3.88. The van der Waals surface area contributed by atoms with Crippen LogP contribution in [0.15, 0.2) is 42.7 Å². The van der Waals surface area contributed by atoms with Crippen LogP contribution in [0.3, 0.4) is 0 Å². The first-order valence-electron chi connectivity index (χ1n) is 7.13. The highest BCUT2D eigenvalue weighted by Gasteiger charge is 2.18. The second-order valence-electron chi connectivity index (χ2n) is 5.24. The van der Waals surface area contributed by atoms with Crippen LogP contribution >= 0.6 is 0 Å². The largest absolute Gasteiger partial charge is 0.378 e. The summed E-state index contributed by atoms with van der Waals surface area (Å²) in [6, 6.07) is 9.81. The average molecular weight is 282 g/mol. The first-order chi connectivity index (χ1) is 10.2. The molecule has 2 heterocycles. The minimum Gasteiger partial charge on any atom is -0.378 e. The summed E-state index contributed by atoms with van der Waals surface area (Å²) >= 11 is 0. The van der Waals surface area contributed by atoms with Gasteiger partial charge in [0.1, 0.15) is 0 Å². The minimum absolute atomic E-state index is 0.0702. The van der Waals surface area contributed by atoms with Crippen LogP contribution in [0.25, 0.3) is 11.1 Å². The Morgan fingerprint density at radius 1 is 1.14 bits per heavy atom. The molecule has 0 N–H and O–H groups in total. The van der Waals surface area contributed by atoms with Crippen molar-refractivity contribution in [1.82, 2.24) is 9.88 Å². The van der Waals surface area contributed by atoms with E-state index in [0.29, 0.717) is 26.3 Å². The van der Waals surface area contributed by atoms with E-state index in [4.69, 9.17) is 4.74 Å². The first-order valence-corrected chi connectivity index (χ1v) is 7.13. The standard InChI is InChI=1S/C17H18N2O2/c1-13-9-16(12-18-11-13)14-3-2-4-15(10-14)17(20)19-5-7-21-8-6-19/h2-4,9-12H,5-8H2,1H3. The zero-order chi connectivity index (χ0) is 14.7. The van der Waals surface area contributed by atoms with Gasteiger partial charge in [0.05, 0.1) is 13.2 Å². The van der Waals surface area contributed by atoms with Gasteiger partial charge >= 0.3 is 0 Å². The van der Waals surface area contributed by atoms with Crippen molar-refractivity contribution in [3.05, 3.63) is 53.9 Å². The number of nitrogens with zero attached hydrogens (tertiary/aromatic N) is 2. The predicted molar refractivity (Wildman–Crippen MR) is 81.1 cm³/mol. The van der Waals surface area contributed by atoms with Crippen LogP contribution in [0.5, 0.6) is 0 Å². The zero-order valence-electron chi connectivity index (χ0n) is 12.1. The third kappa shape index (κ3) is 3.11. The molecule has 0 spiro atoms. The van der Waals surface area contributed by atoms with Crippen LogP contribution < -0.4 is 0 Å². The van der Waals surface area contributed by atoms with E-state index >= 15 is 0 Å². The van der Waals surface area contributed by atoms with Crippen molar-refractivity contribution in [2.45, 2.75) is 6.92 Å². The molecule has 0 bridgehead atoms. The highest BCUT2D eigenvalue weighted by molar-refractivity contribution is 5.95. The number of hydrogen-bond donors (Lipinski definition) is 0. The molecule has 0 aliphatic carbocycles. The van der Waals surface area contributed by atoms with E-state index in [0.717, 1.165) is 22.3 Å². The van der Waals surface area contributed by atoms with Gasteiger partial charge in [0.15, 0.2) is 0 Å². The van der Waals surface area contributed by atoms with Crippen LogP contribution in [0, 0.1) is 6.92 Å². The van der Waals surface area contributed by atoms with Crippen LogP contribution in [0.4, 0.5) is 0 Å². The molecule has 1 saturated heterocycles. The van der Waals surface area contributed by atoms with Crippen molar-refractivity contribution in [1.29, 1.82) is 0 Å². The third-order valence-corrected chi connectivity index (χ3v) is 3.62. The quantitative estimate of drug-likeness (QED) is 0.850. The summed E-state index contributed by atoms with van der Waals surface area (Å²) in [5.74, 6) is 0.0702. The van der Waals surface area contributed by atoms with Gasteiger partial charge < -0.3 is 9.64 Å². The van der Waals surface area contributed by atoms with Crippen LogP contribution in [0.2, 0.25) is 0 Å². The topological polar surface area (TPSA) is 42.4 Å². The van der Waals surface area contributed by atoms with Gasteiger partial charge in [-0.3, -0.25) is 9.78 Å². The van der Waals surface area contributed by atoms with E-state index in [1.54, 1.807) is 0 Å². The molecule has 3 rings (SSSR count). The number of hydrogen-bond acceptors (Lipinski definition) is 3. The molecule has 1 aromatic carbocycles. The monoisotopic (exact) mass is 282 g/mol. The number of carbonyl (C=O) groups is 1. The molecule has 108 valence electrons. The number of rotatable bonds is 2. The zero-order valence-corrected chi connectivity index (χ0v) is 12.1. The molecular formula is C17H18N2O2. The summed E-state index contributed by atoms with van der Waals surface area (Å²) in [7, 11) is 0. The second-order valence-corrected chi connectivity index (χ2v) is 5.24. The maximum atomic E-state index is 12.5. The summed E-state index contributed by atoms with van der Waals surface area (Å²) in [4.78, 5) is 18.6. The van der Waals surface area contributed by atoms with Crippen LogP contribution in [-0.2, 0) is 4.74 Å². The van der Waals surface area contributed by atoms with Crippen molar-refractivity contribution < 1.29 is 9.53 Å². The second kappa shape index (κ2) is 6.06. The summed E-state index contributed by atoms with van der Waals surface area (Å²) in [5, 5.41) is 0. The Hall–Kier alpha value is -2.20. The lowest BCUT2D eigenvalue weighted by atomic mass is 10.0. The molecule has 1 aliphatic rings. The van der Waals surface area contributed by atoms with Crippen molar-refractivity contribution in [2.75, 3.05) is 26.3 Å². The lowest BCUT2D eigenvalue weighted by molar-refractivity contribution is 0.0303. The summed E-state index contributed by atoms with van der Waals surface area (Å²) in [6.45, 7) is 4.57. The van der Waals surface area contributed by atoms with Gasteiger partial charge in [-0.25, -0.2) is 0 Å². The molecule has 0 atom stereocenters. The molecule has 2 aromatic rings. The van der Waals surface area contributed by atoms with E-state index in [-0.39, 0.29) is 5.91 Å². The molecule has 4 heteroatoms. The normalized spacial score (nSPS) is 15.0. The lowest BCUT2D eigenvalue weighted by Crippen LogP contribution is -2.40. The SMILES string of the molecule is Cc1cncc(-c2cccc(C(=O)N3CCOCC3)c2)c1. The number of morpholine rings is 1. The molecule has 1 amide bonds.